The maximum Gasteiger partial charge on any atom is 0.343 e. The Kier molecular flexibility index (Phi) is 3.36. The number of halogens is 1. The van der Waals surface area contributed by atoms with Crippen LogP contribution in [0.1, 0.15) is 6.04 Å². The third kappa shape index (κ3) is 2.30. The molecule has 0 N–H and O–H groups in total. The lowest BCUT2D eigenvalue weighted by Crippen LogP contribution is -2.13. The molecule has 0 saturated heterocycles. The van der Waals surface area contributed by atoms with Gasteiger partial charge in [0.2, 0.25) is 0 Å². The Morgan fingerprint density at radius 1 is 1.93 bits per heavy atom. The third-order valence-electron chi connectivity index (χ3n) is 1.70. The summed E-state index contributed by atoms with van der Waals surface area (Å²) in [5, 5.41) is 13.6. The molecule has 1 rings (SSSR count). The van der Waals surface area contributed by atoms with Gasteiger partial charge in [-0.05, 0) is 0 Å². The van der Waals surface area contributed by atoms with Crippen LogP contribution in [0.2, 0.25) is 0 Å². The minimum atomic E-state index is -1.16. The Morgan fingerprint density at radius 2 is 2.60 bits per heavy atom. The molecule has 15 heavy (non-hydrogen) atoms. The van der Waals surface area contributed by atoms with E-state index in [1.807, 2.05) is 0 Å². The van der Waals surface area contributed by atoms with Crippen molar-refractivity contribution in [1.29, 1.82) is 0 Å². The summed E-state index contributed by atoms with van der Waals surface area (Å²) < 4.78 is 18.7. The predicted molar refractivity (Wildman–Crippen MR) is 48.6 cm³/mol. The molecule has 1 heterocycles. The molecule has 0 radical (unpaired) electrons. The summed E-state index contributed by atoms with van der Waals surface area (Å²) in [6.45, 7) is 0.106. The van der Waals surface area contributed by atoms with Gasteiger partial charge >= 0.3 is 11.6 Å². The lowest BCUT2D eigenvalue weighted by molar-refractivity contribution is -0.387. The van der Waals surface area contributed by atoms with Crippen molar-refractivity contribution in [3.63, 3.8) is 0 Å². The molecular formula is C8H8FN3O3. The number of terminal acetylenes is 1. The highest BCUT2D eigenvalue weighted by Gasteiger charge is 2.22. The molecule has 0 fully saturated rings. The highest BCUT2D eigenvalue weighted by Crippen LogP contribution is 2.17. The van der Waals surface area contributed by atoms with E-state index < -0.39 is 22.6 Å². The van der Waals surface area contributed by atoms with Crippen molar-refractivity contribution < 1.29 is 14.1 Å². The van der Waals surface area contributed by atoms with Gasteiger partial charge in [-0.25, -0.2) is 4.68 Å². The van der Waals surface area contributed by atoms with Gasteiger partial charge in [-0.2, -0.15) is 4.39 Å². The number of rotatable bonds is 4. The van der Waals surface area contributed by atoms with Gasteiger partial charge in [-0.3, -0.25) is 10.1 Å². The van der Waals surface area contributed by atoms with Crippen molar-refractivity contribution in [3.05, 3.63) is 22.3 Å². The largest absolute Gasteiger partial charge is 0.381 e. The van der Waals surface area contributed by atoms with Gasteiger partial charge < -0.3 is 4.74 Å². The minimum Gasteiger partial charge on any atom is -0.381 e. The molecule has 0 aliphatic rings. The number of nitrogens with zero attached hydrogens (tertiary/aromatic N) is 3. The standard InChI is InChI=1S/C8H8FN3O3/c1-3-6(5-15-2)11-4-7(12(13)14)8(9)10-11/h1,4,6H,5H2,2H3. The normalized spacial score (nSPS) is 12.1. The average molecular weight is 213 g/mol. The maximum atomic E-state index is 12.9. The van der Waals surface area contributed by atoms with Crippen molar-refractivity contribution in [2.75, 3.05) is 13.7 Å². The van der Waals surface area contributed by atoms with Crippen molar-refractivity contribution in [1.82, 2.24) is 9.78 Å². The molecule has 1 aromatic rings. The fourth-order valence-electron chi connectivity index (χ4n) is 1.00. The summed E-state index contributed by atoms with van der Waals surface area (Å²) in [6.07, 6.45) is 6.09. The second-order valence-electron chi connectivity index (χ2n) is 2.68. The number of ether oxygens (including phenoxy) is 1. The van der Waals surface area contributed by atoms with E-state index >= 15 is 0 Å². The lowest BCUT2D eigenvalue weighted by Gasteiger charge is -2.08. The SMILES string of the molecule is C#CC(COC)n1cc([N+](=O)[O-])c(F)n1. The van der Waals surface area contributed by atoms with Gasteiger partial charge in [0, 0.05) is 7.11 Å². The Bertz CT molecular complexity index is 410. The van der Waals surface area contributed by atoms with Gasteiger partial charge in [0.25, 0.3) is 0 Å². The van der Waals surface area contributed by atoms with E-state index in [-0.39, 0.29) is 6.61 Å². The van der Waals surface area contributed by atoms with Crippen molar-refractivity contribution >= 4 is 5.69 Å². The minimum absolute atomic E-state index is 0.106. The highest BCUT2D eigenvalue weighted by atomic mass is 19.1. The fraction of sp³-hybridized carbons (Fsp3) is 0.375. The Hall–Kier alpha value is -1.94. The van der Waals surface area contributed by atoms with E-state index in [4.69, 9.17) is 11.2 Å². The summed E-state index contributed by atoms with van der Waals surface area (Å²) in [4.78, 5) is 9.47. The second-order valence-corrected chi connectivity index (χ2v) is 2.68. The second kappa shape index (κ2) is 4.52. The molecule has 1 unspecified atom stereocenters. The highest BCUT2D eigenvalue weighted by molar-refractivity contribution is 5.24. The van der Waals surface area contributed by atoms with Crippen molar-refractivity contribution in [3.8, 4) is 12.3 Å². The molecule has 80 valence electrons. The van der Waals surface area contributed by atoms with Gasteiger partial charge in [0.05, 0.1) is 11.5 Å². The van der Waals surface area contributed by atoms with Gasteiger partial charge in [-0.1, -0.05) is 5.92 Å². The first kappa shape index (κ1) is 11.1. The van der Waals surface area contributed by atoms with E-state index in [9.17, 15) is 14.5 Å². The van der Waals surface area contributed by atoms with Crippen molar-refractivity contribution in [2.45, 2.75) is 6.04 Å². The number of aromatic nitrogens is 2. The average Bonchev–Trinajstić information content (AvgIpc) is 2.56. The van der Waals surface area contributed by atoms with Crippen LogP contribution in [0.5, 0.6) is 0 Å². The molecule has 0 aromatic carbocycles. The zero-order chi connectivity index (χ0) is 11.4. The molecular weight excluding hydrogens is 205 g/mol. The Labute approximate surface area is 84.8 Å². The van der Waals surface area contributed by atoms with Crippen LogP contribution in [0.15, 0.2) is 6.20 Å². The van der Waals surface area contributed by atoms with Gasteiger partial charge in [0.15, 0.2) is 0 Å². The van der Waals surface area contributed by atoms with E-state index in [1.54, 1.807) is 0 Å². The van der Waals surface area contributed by atoms with Crippen LogP contribution >= 0.6 is 0 Å². The van der Waals surface area contributed by atoms with Crippen LogP contribution in [0.3, 0.4) is 0 Å². The Balaban J connectivity index is 3.01. The summed E-state index contributed by atoms with van der Waals surface area (Å²) in [6, 6.07) is -0.654. The van der Waals surface area contributed by atoms with E-state index in [0.29, 0.717) is 0 Å². The molecule has 1 aromatic heterocycles. The molecule has 0 saturated carbocycles. The van der Waals surface area contributed by atoms with Crippen molar-refractivity contribution in [2.24, 2.45) is 0 Å². The molecule has 0 spiro atoms. The van der Waals surface area contributed by atoms with Gasteiger partial charge in [-0.15, -0.1) is 11.5 Å². The molecule has 6 nitrogen and oxygen atoms in total. The maximum absolute atomic E-state index is 12.9. The monoisotopic (exact) mass is 213 g/mol. The van der Waals surface area contributed by atoms with E-state index in [1.165, 1.54) is 7.11 Å². The number of methoxy groups -OCH3 is 1. The van der Waals surface area contributed by atoms with Crippen LogP contribution in [0.25, 0.3) is 0 Å². The van der Waals surface area contributed by atoms with Crippen LogP contribution in [0, 0.1) is 28.4 Å². The first-order valence-electron chi connectivity index (χ1n) is 3.94. The molecule has 0 aliphatic carbocycles. The summed E-state index contributed by atoms with van der Waals surface area (Å²) >= 11 is 0. The number of nitro groups is 1. The quantitative estimate of drug-likeness (QED) is 0.420. The summed E-state index contributed by atoms with van der Waals surface area (Å²) in [5.74, 6) is 1.13. The number of hydrogen-bond donors (Lipinski definition) is 0. The topological polar surface area (TPSA) is 70.2 Å². The summed E-state index contributed by atoms with van der Waals surface area (Å²) in [7, 11) is 1.42. The molecule has 1 atom stereocenters. The zero-order valence-electron chi connectivity index (χ0n) is 7.88. The predicted octanol–water partition coefficient (Wildman–Crippen LogP) is 0.751. The molecule has 7 heteroatoms. The smallest absolute Gasteiger partial charge is 0.343 e. The lowest BCUT2D eigenvalue weighted by atomic mass is 10.3. The number of hydrogen-bond acceptors (Lipinski definition) is 4. The molecule has 0 aliphatic heterocycles. The molecule has 0 bridgehead atoms. The van der Waals surface area contributed by atoms with Crippen LogP contribution in [-0.4, -0.2) is 28.4 Å². The zero-order valence-corrected chi connectivity index (χ0v) is 7.88. The van der Waals surface area contributed by atoms with Gasteiger partial charge in [0.1, 0.15) is 12.2 Å². The Morgan fingerprint density at radius 3 is 3.00 bits per heavy atom. The van der Waals surface area contributed by atoms with Crippen LogP contribution in [-0.2, 0) is 4.74 Å². The van der Waals surface area contributed by atoms with E-state index in [2.05, 4.69) is 11.0 Å². The first-order valence-corrected chi connectivity index (χ1v) is 3.94. The molecule has 0 amide bonds. The first-order chi connectivity index (χ1) is 7.10. The third-order valence-corrected chi connectivity index (χ3v) is 1.70. The van der Waals surface area contributed by atoms with Crippen LogP contribution < -0.4 is 0 Å². The van der Waals surface area contributed by atoms with E-state index in [0.717, 1.165) is 10.9 Å². The summed E-state index contributed by atoms with van der Waals surface area (Å²) in [5.41, 5.74) is -0.702. The fourth-order valence-corrected chi connectivity index (χ4v) is 1.00. The van der Waals surface area contributed by atoms with Crippen LogP contribution in [0.4, 0.5) is 10.1 Å².